The van der Waals surface area contributed by atoms with Crippen molar-refractivity contribution in [3.05, 3.63) is 23.8 Å². The van der Waals surface area contributed by atoms with E-state index in [1.54, 1.807) is 12.4 Å². The van der Waals surface area contributed by atoms with Crippen LogP contribution in [-0.4, -0.2) is 51.7 Å². The molecule has 1 N–H and O–H groups in total. The number of carbonyl (C=O) groups is 1. The van der Waals surface area contributed by atoms with Gasteiger partial charge in [0.05, 0.1) is 36.6 Å². The largest absolute Gasteiger partial charge is 0.481 e. The summed E-state index contributed by atoms with van der Waals surface area (Å²) in [6, 6.07) is 0.119. The molecule has 0 aliphatic carbocycles. The fraction of sp³-hybridized carbons (Fsp3) is 0.615. The van der Waals surface area contributed by atoms with E-state index in [0.717, 1.165) is 17.9 Å². The normalized spacial score (nSPS) is 22.1. The van der Waals surface area contributed by atoms with Gasteiger partial charge in [0.25, 0.3) is 0 Å². The first-order valence-electron chi connectivity index (χ1n) is 6.43. The highest BCUT2D eigenvalue weighted by Crippen LogP contribution is 2.23. The van der Waals surface area contributed by atoms with Gasteiger partial charge in [0.2, 0.25) is 0 Å². The zero-order valence-corrected chi connectivity index (χ0v) is 11.2. The average Bonchev–Trinajstić information content (AvgIpc) is 2.38. The Morgan fingerprint density at radius 3 is 3.00 bits per heavy atom. The molecule has 0 bridgehead atoms. The second-order valence-electron chi connectivity index (χ2n) is 4.79. The van der Waals surface area contributed by atoms with E-state index in [2.05, 4.69) is 21.8 Å². The minimum atomic E-state index is -0.824. The van der Waals surface area contributed by atoms with Crippen molar-refractivity contribution in [1.82, 2.24) is 14.9 Å². The molecule has 19 heavy (non-hydrogen) atoms. The molecule has 0 radical (unpaired) electrons. The fourth-order valence-corrected chi connectivity index (χ4v) is 2.41. The van der Waals surface area contributed by atoms with Crippen molar-refractivity contribution in [3.63, 3.8) is 0 Å². The van der Waals surface area contributed by atoms with Crippen LogP contribution >= 0.6 is 0 Å². The Hall–Kier alpha value is -1.53. The van der Waals surface area contributed by atoms with Gasteiger partial charge in [0, 0.05) is 25.5 Å². The zero-order valence-electron chi connectivity index (χ0n) is 11.2. The Bertz CT molecular complexity index is 453. The maximum Gasteiger partial charge on any atom is 0.306 e. The van der Waals surface area contributed by atoms with Crippen LogP contribution in [0, 0.1) is 6.92 Å². The third kappa shape index (κ3) is 3.48. The van der Waals surface area contributed by atoms with Crippen LogP contribution in [0.3, 0.4) is 0 Å². The van der Waals surface area contributed by atoms with Crippen LogP contribution in [0.5, 0.6) is 0 Å². The lowest BCUT2D eigenvalue weighted by atomic mass is 10.1. The molecule has 0 aromatic carbocycles. The summed E-state index contributed by atoms with van der Waals surface area (Å²) < 4.78 is 5.48. The molecular formula is C13H19N3O3. The Balaban J connectivity index is 2.05. The van der Waals surface area contributed by atoms with Crippen molar-refractivity contribution in [1.29, 1.82) is 0 Å². The Morgan fingerprint density at radius 2 is 2.32 bits per heavy atom. The summed E-state index contributed by atoms with van der Waals surface area (Å²) in [5.41, 5.74) is 1.86. The number of nitrogens with zero attached hydrogens (tertiary/aromatic N) is 3. The summed E-state index contributed by atoms with van der Waals surface area (Å²) in [7, 11) is 0. The standard InChI is InChI=1S/C13H19N3O3/c1-9-13(15-4-3-14-9)10(2)16-5-6-19-11(8-16)7-12(17)18/h3-4,10-11H,5-8H2,1-2H3,(H,17,18). The summed E-state index contributed by atoms with van der Waals surface area (Å²) in [4.78, 5) is 21.6. The molecule has 1 saturated heterocycles. The topological polar surface area (TPSA) is 75.5 Å². The van der Waals surface area contributed by atoms with Crippen LogP contribution in [0.1, 0.15) is 30.8 Å². The number of carboxylic acid groups (broad SMARTS) is 1. The van der Waals surface area contributed by atoms with Gasteiger partial charge in [-0.1, -0.05) is 0 Å². The third-order valence-corrected chi connectivity index (χ3v) is 3.44. The van der Waals surface area contributed by atoms with Crippen LogP contribution < -0.4 is 0 Å². The molecule has 1 aromatic rings. The number of rotatable bonds is 4. The minimum Gasteiger partial charge on any atom is -0.481 e. The van der Waals surface area contributed by atoms with Crippen molar-refractivity contribution in [3.8, 4) is 0 Å². The highest BCUT2D eigenvalue weighted by Gasteiger charge is 2.27. The molecule has 6 nitrogen and oxygen atoms in total. The molecule has 6 heteroatoms. The number of aryl methyl sites for hydroxylation is 1. The van der Waals surface area contributed by atoms with Crippen molar-refractivity contribution < 1.29 is 14.6 Å². The number of aliphatic carboxylic acids is 1. The number of carboxylic acids is 1. The quantitative estimate of drug-likeness (QED) is 0.876. The van der Waals surface area contributed by atoms with Gasteiger partial charge >= 0.3 is 5.97 Å². The Kier molecular flexibility index (Phi) is 4.44. The molecule has 1 fully saturated rings. The Labute approximate surface area is 112 Å². The molecule has 2 rings (SSSR count). The van der Waals surface area contributed by atoms with Crippen LogP contribution in [0.2, 0.25) is 0 Å². The van der Waals surface area contributed by atoms with E-state index in [1.165, 1.54) is 0 Å². The SMILES string of the molecule is Cc1nccnc1C(C)N1CCOC(CC(=O)O)C1. The number of aromatic nitrogens is 2. The lowest BCUT2D eigenvalue weighted by Crippen LogP contribution is -2.44. The smallest absolute Gasteiger partial charge is 0.306 e. The number of hydrogen-bond acceptors (Lipinski definition) is 5. The second kappa shape index (κ2) is 6.08. The number of ether oxygens (including phenoxy) is 1. The van der Waals surface area contributed by atoms with Crippen LogP contribution in [0.4, 0.5) is 0 Å². The summed E-state index contributed by atoms with van der Waals surface area (Å²) in [5, 5.41) is 8.83. The Morgan fingerprint density at radius 1 is 1.58 bits per heavy atom. The van der Waals surface area contributed by atoms with Crippen LogP contribution in [0.25, 0.3) is 0 Å². The van der Waals surface area contributed by atoms with E-state index in [1.807, 2.05) is 6.92 Å². The predicted molar refractivity (Wildman–Crippen MR) is 68.7 cm³/mol. The zero-order chi connectivity index (χ0) is 13.8. The van der Waals surface area contributed by atoms with Gasteiger partial charge in [0.15, 0.2) is 0 Å². The van der Waals surface area contributed by atoms with Gasteiger partial charge in [-0.05, 0) is 13.8 Å². The number of hydrogen-bond donors (Lipinski definition) is 1. The van der Waals surface area contributed by atoms with Gasteiger partial charge in [-0.15, -0.1) is 0 Å². The van der Waals surface area contributed by atoms with Gasteiger partial charge in [-0.25, -0.2) is 0 Å². The van der Waals surface area contributed by atoms with E-state index in [4.69, 9.17) is 9.84 Å². The van der Waals surface area contributed by atoms with E-state index in [9.17, 15) is 4.79 Å². The molecule has 2 unspecified atom stereocenters. The fourth-order valence-electron chi connectivity index (χ4n) is 2.41. The minimum absolute atomic E-state index is 0.0443. The summed E-state index contributed by atoms with van der Waals surface area (Å²) in [5.74, 6) is -0.824. The average molecular weight is 265 g/mol. The third-order valence-electron chi connectivity index (χ3n) is 3.44. The molecule has 2 heterocycles. The van der Waals surface area contributed by atoms with Gasteiger partial charge in [-0.2, -0.15) is 0 Å². The van der Waals surface area contributed by atoms with Crippen molar-refractivity contribution >= 4 is 5.97 Å². The van der Waals surface area contributed by atoms with Crippen molar-refractivity contribution in [2.24, 2.45) is 0 Å². The molecule has 1 aromatic heterocycles. The summed E-state index contributed by atoms with van der Waals surface area (Å²) >= 11 is 0. The molecule has 2 atom stereocenters. The highest BCUT2D eigenvalue weighted by molar-refractivity contribution is 5.67. The number of morpholine rings is 1. The molecule has 104 valence electrons. The molecule has 0 amide bonds. The van der Waals surface area contributed by atoms with E-state index >= 15 is 0 Å². The lowest BCUT2D eigenvalue weighted by molar-refractivity contribution is -0.142. The predicted octanol–water partition coefficient (Wildman–Crippen LogP) is 1.02. The monoisotopic (exact) mass is 265 g/mol. The molecule has 0 spiro atoms. The summed E-state index contributed by atoms with van der Waals surface area (Å²) in [6.07, 6.45) is 3.17. The maximum absolute atomic E-state index is 10.7. The van der Waals surface area contributed by atoms with E-state index in [-0.39, 0.29) is 18.6 Å². The lowest BCUT2D eigenvalue weighted by Gasteiger charge is -2.36. The molecular weight excluding hydrogens is 246 g/mol. The summed E-state index contributed by atoms with van der Waals surface area (Å²) in [6.45, 7) is 5.96. The maximum atomic E-state index is 10.7. The van der Waals surface area contributed by atoms with Crippen LogP contribution in [0.15, 0.2) is 12.4 Å². The van der Waals surface area contributed by atoms with Gasteiger partial charge in [0.1, 0.15) is 0 Å². The van der Waals surface area contributed by atoms with Crippen LogP contribution in [-0.2, 0) is 9.53 Å². The first kappa shape index (κ1) is 13.9. The van der Waals surface area contributed by atoms with E-state index in [0.29, 0.717) is 13.2 Å². The molecule has 1 aliphatic heterocycles. The van der Waals surface area contributed by atoms with E-state index < -0.39 is 5.97 Å². The first-order valence-corrected chi connectivity index (χ1v) is 6.43. The van der Waals surface area contributed by atoms with Crippen molar-refractivity contribution in [2.45, 2.75) is 32.4 Å². The molecule has 1 aliphatic rings. The first-order chi connectivity index (χ1) is 9.08. The molecule has 0 saturated carbocycles. The van der Waals surface area contributed by atoms with Gasteiger partial charge in [-0.3, -0.25) is 19.7 Å². The van der Waals surface area contributed by atoms with Crippen molar-refractivity contribution in [2.75, 3.05) is 19.7 Å². The highest BCUT2D eigenvalue weighted by atomic mass is 16.5. The van der Waals surface area contributed by atoms with Gasteiger partial charge < -0.3 is 9.84 Å². The second-order valence-corrected chi connectivity index (χ2v) is 4.79.